The molecule has 0 aliphatic carbocycles. The minimum absolute atomic E-state index is 0.135. The van der Waals surface area contributed by atoms with Gasteiger partial charge in [-0.05, 0) is 79.1 Å². The lowest BCUT2D eigenvalue weighted by Gasteiger charge is -2.22. The number of carbonyl (C=O) groups is 1. The van der Waals surface area contributed by atoms with Crippen molar-refractivity contribution in [1.82, 2.24) is 5.32 Å². The van der Waals surface area contributed by atoms with Crippen molar-refractivity contribution in [3.05, 3.63) is 27.8 Å². The van der Waals surface area contributed by atoms with Gasteiger partial charge in [0.2, 0.25) is 5.91 Å². The Morgan fingerprint density at radius 3 is 2.89 bits per heavy atom. The predicted octanol–water partition coefficient (Wildman–Crippen LogP) is 3.01. The van der Waals surface area contributed by atoms with Crippen LogP contribution in [0.1, 0.15) is 25.7 Å². The van der Waals surface area contributed by atoms with Gasteiger partial charge in [0.05, 0.1) is 0 Å². The van der Waals surface area contributed by atoms with Crippen LogP contribution in [0.3, 0.4) is 0 Å². The third kappa shape index (κ3) is 4.57. The van der Waals surface area contributed by atoms with Gasteiger partial charge in [-0.25, -0.2) is 0 Å². The molecule has 0 atom stereocenters. The summed E-state index contributed by atoms with van der Waals surface area (Å²) in [6, 6.07) is 7.91. The molecule has 0 bridgehead atoms. The number of halogens is 1. The lowest BCUT2D eigenvalue weighted by Crippen LogP contribution is -2.28. The number of anilines is 1. The first-order valence-electron chi connectivity index (χ1n) is 6.50. The summed E-state index contributed by atoms with van der Waals surface area (Å²) in [7, 11) is 0. The molecule has 4 heteroatoms. The number of rotatable bonds is 4. The molecular weight excluding hydrogens is 339 g/mol. The first-order valence-corrected chi connectivity index (χ1v) is 7.58. The van der Waals surface area contributed by atoms with Crippen molar-refractivity contribution >= 4 is 34.2 Å². The van der Waals surface area contributed by atoms with Crippen molar-refractivity contribution in [3.8, 4) is 0 Å². The van der Waals surface area contributed by atoms with Crippen LogP contribution in [-0.4, -0.2) is 19.0 Å². The zero-order valence-corrected chi connectivity index (χ0v) is 12.6. The van der Waals surface area contributed by atoms with Gasteiger partial charge in [-0.2, -0.15) is 0 Å². The van der Waals surface area contributed by atoms with E-state index in [1.807, 2.05) is 24.3 Å². The summed E-state index contributed by atoms with van der Waals surface area (Å²) in [4.78, 5) is 11.8. The Morgan fingerprint density at radius 2 is 2.17 bits per heavy atom. The molecule has 2 rings (SSSR count). The lowest BCUT2D eigenvalue weighted by molar-refractivity contribution is -0.116. The van der Waals surface area contributed by atoms with Crippen LogP contribution in [0.5, 0.6) is 0 Å². The molecule has 1 aromatic rings. The van der Waals surface area contributed by atoms with Gasteiger partial charge in [-0.1, -0.05) is 6.07 Å². The molecular formula is C14H19IN2O. The fourth-order valence-corrected chi connectivity index (χ4v) is 2.84. The molecule has 98 valence electrons. The number of hydrogen-bond donors (Lipinski definition) is 2. The van der Waals surface area contributed by atoms with Gasteiger partial charge in [-0.3, -0.25) is 4.79 Å². The maximum absolute atomic E-state index is 11.8. The molecule has 1 fully saturated rings. The van der Waals surface area contributed by atoms with Crippen molar-refractivity contribution < 1.29 is 4.79 Å². The Balaban J connectivity index is 1.74. The van der Waals surface area contributed by atoms with E-state index in [9.17, 15) is 4.79 Å². The van der Waals surface area contributed by atoms with E-state index in [1.165, 1.54) is 12.8 Å². The number of benzene rings is 1. The molecule has 1 aromatic carbocycles. The van der Waals surface area contributed by atoms with Gasteiger partial charge in [0.15, 0.2) is 0 Å². The molecule has 0 radical (unpaired) electrons. The van der Waals surface area contributed by atoms with E-state index in [0.29, 0.717) is 12.3 Å². The van der Waals surface area contributed by atoms with E-state index in [0.717, 1.165) is 28.8 Å². The van der Waals surface area contributed by atoms with Gasteiger partial charge in [0, 0.05) is 15.7 Å². The van der Waals surface area contributed by atoms with E-state index in [-0.39, 0.29) is 5.91 Å². The summed E-state index contributed by atoms with van der Waals surface area (Å²) in [6.45, 7) is 2.20. The van der Waals surface area contributed by atoms with E-state index in [1.54, 1.807) is 0 Å². The van der Waals surface area contributed by atoms with Crippen LogP contribution < -0.4 is 10.6 Å². The summed E-state index contributed by atoms with van der Waals surface area (Å²) < 4.78 is 1.14. The smallest absolute Gasteiger partial charge is 0.224 e. The molecule has 2 N–H and O–H groups in total. The van der Waals surface area contributed by atoms with Crippen LogP contribution in [0.4, 0.5) is 5.69 Å². The lowest BCUT2D eigenvalue weighted by atomic mass is 9.93. The van der Waals surface area contributed by atoms with Gasteiger partial charge in [0.25, 0.3) is 0 Å². The van der Waals surface area contributed by atoms with E-state index in [2.05, 4.69) is 33.2 Å². The standard InChI is InChI=1S/C14H19IN2O/c15-12-2-1-3-13(10-12)17-14(18)5-4-11-6-8-16-9-7-11/h1-3,10-11,16H,4-9H2,(H,17,18). The molecule has 1 heterocycles. The quantitative estimate of drug-likeness (QED) is 0.813. The van der Waals surface area contributed by atoms with Crippen molar-refractivity contribution in [1.29, 1.82) is 0 Å². The van der Waals surface area contributed by atoms with Crippen LogP contribution in [0.15, 0.2) is 24.3 Å². The number of carbonyl (C=O) groups excluding carboxylic acids is 1. The number of nitrogens with one attached hydrogen (secondary N) is 2. The van der Waals surface area contributed by atoms with Gasteiger partial charge in [0.1, 0.15) is 0 Å². The second-order valence-corrected chi connectivity index (χ2v) is 6.04. The fraction of sp³-hybridized carbons (Fsp3) is 0.500. The monoisotopic (exact) mass is 358 g/mol. The van der Waals surface area contributed by atoms with Crippen LogP contribution in [0, 0.1) is 9.49 Å². The normalized spacial score (nSPS) is 16.5. The van der Waals surface area contributed by atoms with E-state index < -0.39 is 0 Å². The average molecular weight is 358 g/mol. The number of hydrogen-bond acceptors (Lipinski definition) is 2. The number of piperidine rings is 1. The highest BCUT2D eigenvalue weighted by Gasteiger charge is 2.14. The van der Waals surface area contributed by atoms with E-state index >= 15 is 0 Å². The van der Waals surface area contributed by atoms with Crippen LogP contribution in [0.25, 0.3) is 0 Å². The summed E-state index contributed by atoms with van der Waals surface area (Å²) in [6.07, 6.45) is 4.06. The molecule has 0 saturated carbocycles. The maximum atomic E-state index is 11.8. The number of amides is 1. The van der Waals surface area contributed by atoms with Gasteiger partial charge >= 0.3 is 0 Å². The third-order valence-corrected chi connectivity index (χ3v) is 4.02. The highest BCUT2D eigenvalue weighted by molar-refractivity contribution is 14.1. The Morgan fingerprint density at radius 1 is 1.39 bits per heavy atom. The highest BCUT2D eigenvalue weighted by atomic mass is 127. The molecule has 1 saturated heterocycles. The second-order valence-electron chi connectivity index (χ2n) is 4.79. The van der Waals surface area contributed by atoms with Gasteiger partial charge in [-0.15, -0.1) is 0 Å². The van der Waals surface area contributed by atoms with Crippen molar-refractivity contribution in [2.24, 2.45) is 5.92 Å². The van der Waals surface area contributed by atoms with Crippen molar-refractivity contribution in [2.45, 2.75) is 25.7 Å². The summed E-state index contributed by atoms with van der Waals surface area (Å²) in [5.74, 6) is 0.850. The summed E-state index contributed by atoms with van der Waals surface area (Å²) in [5, 5.41) is 6.31. The average Bonchev–Trinajstić information content (AvgIpc) is 2.38. The Kier molecular flexibility index (Phi) is 5.44. The SMILES string of the molecule is O=C(CCC1CCNCC1)Nc1cccc(I)c1. The molecule has 1 amide bonds. The molecule has 3 nitrogen and oxygen atoms in total. The Labute approximate surface area is 122 Å². The Bertz CT molecular complexity index is 403. The topological polar surface area (TPSA) is 41.1 Å². The Hall–Kier alpha value is -0.620. The van der Waals surface area contributed by atoms with Gasteiger partial charge < -0.3 is 10.6 Å². The molecule has 0 aromatic heterocycles. The zero-order chi connectivity index (χ0) is 12.8. The highest BCUT2D eigenvalue weighted by Crippen LogP contribution is 2.18. The molecule has 1 aliphatic heterocycles. The summed E-state index contributed by atoms with van der Waals surface area (Å²) >= 11 is 2.25. The molecule has 18 heavy (non-hydrogen) atoms. The minimum atomic E-state index is 0.135. The maximum Gasteiger partial charge on any atom is 0.224 e. The summed E-state index contributed by atoms with van der Waals surface area (Å²) in [5.41, 5.74) is 0.900. The molecule has 0 spiro atoms. The first-order chi connectivity index (χ1) is 8.74. The van der Waals surface area contributed by atoms with Crippen LogP contribution in [0.2, 0.25) is 0 Å². The predicted molar refractivity (Wildman–Crippen MR) is 82.6 cm³/mol. The third-order valence-electron chi connectivity index (χ3n) is 3.35. The van der Waals surface area contributed by atoms with Crippen molar-refractivity contribution in [2.75, 3.05) is 18.4 Å². The fourth-order valence-electron chi connectivity index (χ4n) is 2.30. The molecule has 1 aliphatic rings. The van der Waals surface area contributed by atoms with Crippen LogP contribution >= 0.6 is 22.6 Å². The largest absolute Gasteiger partial charge is 0.326 e. The van der Waals surface area contributed by atoms with E-state index in [4.69, 9.17) is 0 Å². The molecule has 0 unspecified atom stereocenters. The minimum Gasteiger partial charge on any atom is -0.326 e. The van der Waals surface area contributed by atoms with Crippen molar-refractivity contribution in [3.63, 3.8) is 0 Å². The second kappa shape index (κ2) is 7.09. The first kappa shape index (κ1) is 13.8. The van der Waals surface area contributed by atoms with Crippen LogP contribution in [-0.2, 0) is 4.79 Å². The zero-order valence-electron chi connectivity index (χ0n) is 10.4.